The van der Waals surface area contributed by atoms with Crippen molar-refractivity contribution in [2.24, 2.45) is 5.92 Å². The fraction of sp³-hybridized carbons (Fsp3) is 0.500. The smallest absolute Gasteiger partial charge is 0.308 e. The summed E-state index contributed by atoms with van der Waals surface area (Å²) in [5, 5.41) is 12.6. The lowest BCUT2D eigenvalue weighted by atomic mass is 10.1. The molecule has 4 nitrogen and oxygen atoms in total. The molecule has 1 aliphatic rings. The molecule has 1 atom stereocenters. The highest BCUT2D eigenvalue weighted by molar-refractivity contribution is 7.08. The van der Waals surface area contributed by atoms with Crippen LogP contribution >= 0.6 is 11.3 Å². The van der Waals surface area contributed by atoms with Crippen LogP contribution in [0.5, 0.6) is 0 Å². The minimum atomic E-state index is -0.853. The van der Waals surface area contributed by atoms with Gasteiger partial charge in [0.05, 0.1) is 11.5 Å². The summed E-state index contributed by atoms with van der Waals surface area (Å²) >= 11 is 1.48. The van der Waals surface area contributed by atoms with Crippen molar-refractivity contribution in [3.05, 3.63) is 22.4 Å². The van der Waals surface area contributed by atoms with Crippen LogP contribution in [0.15, 0.2) is 16.8 Å². The molecule has 0 radical (unpaired) electrons. The van der Waals surface area contributed by atoms with E-state index in [2.05, 4.69) is 0 Å². The number of carbonyl (C=O) groups is 2. The predicted molar refractivity (Wildman–Crippen MR) is 65.2 cm³/mol. The number of hydrogen-bond acceptors (Lipinski definition) is 3. The molecule has 1 amide bonds. The number of hydrogen-bond donors (Lipinski definition) is 1. The van der Waals surface area contributed by atoms with E-state index in [4.69, 9.17) is 5.11 Å². The van der Waals surface area contributed by atoms with Crippen LogP contribution < -0.4 is 0 Å². The molecule has 1 saturated carbocycles. The number of nitrogens with zero attached hydrogens (tertiary/aromatic N) is 1. The zero-order valence-electron chi connectivity index (χ0n) is 9.63. The standard InChI is InChI=1S/C12H15NO3S/c1-8(12(15)16)6-13(10-2-3-10)11(14)9-4-5-17-7-9/h4-5,7-8,10H,2-3,6H2,1H3,(H,15,16)/t8-/m1/s1. The zero-order chi connectivity index (χ0) is 12.4. The maximum absolute atomic E-state index is 12.2. The summed E-state index contributed by atoms with van der Waals surface area (Å²) in [7, 11) is 0. The Morgan fingerprint density at radius 1 is 1.59 bits per heavy atom. The van der Waals surface area contributed by atoms with Crippen molar-refractivity contribution in [2.45, 2.75) is 25.8 Å². The molecule has 1 heterocycles. The average molecular weight is 253 g/mol. The van der Waals surface area contributed by atoms with Crippen LogP contribution in [0, 0.1) is 5.92 Å². The monoisotopic (exact) mass is 253 g/mol. The first-order valence-electron chi connectivity index (χ1n) is 5.65. The van der Waals surface area contributed by atoms with Gasteiger partial charge in [0.2, 0.25) is 0 Å². The first kappa shape index (κ1) is 12.1. The van der Waals surface area contributed by atoms with Crippen LogP contribution in [0.1, 0.15) is 30.1 Å². The molecule has 1 fully saturated rings. The number of carboxylic acid groups (broad SMARTS) is 1. The van der Waals surface area contributed by atoms with Crippen molar-refractivity contribution in [2.75, 3.05) is 6.54 Å². The zero-order valence-corrected chi connectivity index (χ0v) is 10.4. The minimum absolute atomic E-state index is 0.0400. The molecule has 0 aliphatic heterocycles. The third-order valence-electron chi connectivity index (χ3n) is 2.91. The minimum Gasteiger partial charge on any atom is -0.481 e. The Kier molecular flexibility index (Phi) is 3.47. The number of carbonyl (C=O) groups excluding carboxylic acids is 1. The van der Waals surface area contributed by atoms with Crippen LogP contribution in [0.2, 0.25) is 0 Å². The fourth-order valence-corrected chi connectivity index (χ4v) is 2.34. The number of amides is 1. The number of aliphatic carboxylic acids is 1. The van der Waals surface area contributed by atoms with Crippen molar-refractivity contribution in [1.29, 1.82) is 0 Å². The highest BCUT2D eigenvalue weighted by Crippen LogP contribution is 2.29. The Bertz CT molecular complexity index is 411. The van der Waals surface area contributed by atoms with Crippen molar-refractivity contribution in [3.8, 4) is 0 Å². The first-order valence-corrected chi connectivity index (χ1v) is 6.60. The summed E-state index contributed by atoms with van der Waals surface area (Å²) in [6.45, 7) is 1.94. The summed E-state index contributed by atoms with van der Waals surface area (Å²) in [4.78, 5) is 24.7. The van der Waals surface area contributed by atoms with Gasteiger partial charge in [-0.25, -0.2) is 0 Å². The Balaban J connectivity index is 2.07. The van der Waals surface area contributed by atoms with Gasteiger partial charge in [-0.15, -0.1) is 0 Å². The van der Waals surface area contributed by atoms with Gasteiger partial charge in [-0.05, 0) is 24.3 Å². The second kappa shape index (κ2) is 4.87. The van der Waals surface area contributed by atoms with E-state index in [0.717, 1.165) is 12.8 Å². The summed E-state index contributed by atoms with van der Waals surface area (Å²) in [5.41, 5.74) is 0.666. The van der Waals surface area contributed by atoms with Crippen LogP contribution in [-0.2, 0) is 4.79 Å². The van der Waals surface area contributed by atoms with E-state index in [1.165, 1.54) is 11.3 Å². The highest BCUT2D eigenvalue weighted by atomic mass is 32.1. The van der Waals surface area contributed by atoms with Crippen molar-refractivity contribution in [1.82, 2.24) is 4.90 Å². The molecule has 2 rings (SSSR count). The van der Waals surface area contributed by atoms with E-state index < -0.39 is 11.9 Å². The Morgan fingerprint density at radius 2 is 2.29 bits per heavy atom. The van der Waals surface area contributed by atoms with Gasteiger partial charge in [0.15, 0.2) is 0 Å². The summed E-state index contributed by atoms with van der Waals surface area (Å²) in [6, 6.07) is 2.03. The Morgan fingerprint density at radius 3 is 2.76 bits per heavy atom. The van der Waals surface area contributed by atoms with Crippen molar-refractivity contribution >= 4 is 23.2 Å². The second-order valence-electron chi connectivity index (χ2n) is 4.44. The second-order valence-corrected chi connectivity index (χ2v) is 5.22. The van der Waals surface area contributed by atoms with Crippen molar-refractivity contribution in [3.63, 3.8) is 0 Å². The average Bonchev–Trinajstić information content (AvgIpc) is 2.98. The summed E-state index contributed by atoms with van der Waals surface area (Å²) in [6.07, 6.45) is 1.98. The highest BCUT2D eigenvalue weighted by Gasteiger charge is 2.34. The molecule has 0 saturated heterocycles. The SMILES string of the molecule is C[C@H](CN(C(=O)c1ccsc1)C1CC1)C(=O)O. The van der Waals surface area contributed by atoms with Gasteiger partial charge in [0.1, 0.15) is 0 Å². The molecule has 0 spiro atoms. The van der Waals surface area contributed by atoms with Crippen LogP contribution in [-0.4, -0.2) is 34.5 Å². The van der Waals surface area contributed by atoms with E-state index in [-0.39, 0.29) is 11.9 Å². The van der Waals surface area contributed by atoms with E-state index in [1.54, 1.807) is 17.9 Å². The van der Waals surface area contributed by atoms with Gasteiger partial charge in [-0.1, -0.05) is 6.92 Å². The van der Waals surface area contributed by atoms with Gasteiger partial charge in [-0.2, -0.15) is 11.3 Å². The molecule has 17 heavy (non-hydrogen) atoms. The van der Waals surface area contributed by atoms with Gasteiger partial charge < -0.3 is 10.0 Å². The van der Waals surface area contributed by atoms with Gasteiger partial charge in [-0.3, -0.25) is 9.59 Å². The number of carboxylic acids is 1. The molecule has 5 heteroatoms. The maximum Gasteiger partial charge on any atom is 0.308 e. The molecule has 1 aromatic rings. The Labute approximate surface area is 104 Å². The maximum atomic E-state index is 12.2. The predicted octanol–water partition coefficient (Wildman–Crippen LogP) is 2.07. The lowest BCUT2D eigenvalue weighted by molar-refractivity contribution is -0.141. The fourth-order valence-electron chi connectivity index (χ4n) is 1.71. The van der Waals surface area contributed by atoms with Crippen LogP contribution in [0.3, 0.4) is 0 Å². The number of thiophene rings is 1. The third-order valence-corrected chi connectivity index (χ3v) is 3.59. The molecular weight excluding hydrogens is 238 g/mol. The number of rotatable bonds is 5. The molecule has 0 bridgehead atoms. The van der Waals surface area contributed by atoms with Gasteiger partial charge >= 0.3 is 5.97 Å². The normalized spacial score (nSPS) is 16.5. The molecule has 1 aliphatic carbocycles. The molecule has 1 aromatic heterocycles. The van der Waals surface area contributed by atoms with E-state index in [1.807, 2.05) is 10.8 Å². The van der Waals surface area contributed by atoms with E-state index >= 15 is 0 Å². The third kappa shape index (κ3) is 2.85. The van der Waals surface area contributed by atoms with Gasteiger partial charge in [0, 0.05) is 18.0 Å². The molecule has 1 N–H and O–H groups in total. The molecule has 92 valence electrons. The topological polar surface area (TPSA) is 57.6 Å². The van der Waals surface area contributed by atoms with E-state index in [0.29, 0.717) is 12.1 Å². The lowest BCUT2D eigenvalue weighted by Gasteiger charge is -2.23. The lowest BCUT2D eigenvalue weighted by Crippen LogP contribution is -2.38. The first-order chi connectivity index (χ1) is 8.09. The van der Waals surface area contributed by atoms with Gasteiger partial charge in [0.25, 0.3) is 5.91 Å². The quantitative estimate of drug-likeness (QED) is 0.874. The van der Waals surface area contributed by atoms with E-state index in [9.17, 15) is 9.59 Å². The molecule has 0 unspecified atom stereocenters. The molecular formula is C12H15NO3S. The van der Waals surface area contributed by atoms with Crippen LogP contribution in [0.25, 0.3) is 0 Å². The van der Waals surface area contributed by atoms with Crippen molar-refractivity contribution < 1.29 is 14.7 Å². The summed E-state index contributed by atoms with van der Waals surface area (Å²) < 4.78 is 0. The summed E-state index contributed by atoms with van der Waals surface area (Å²) in [5.74, 6) is -1.41. The Hall–Kier alpha value is -1.36. The largest absolute Gasteiger partial charge is 0.481 e. The van der Waals surface area contributed by atoms with Crippen LogP contribution in [0.4, 0.5) is 0 Å². The molecule has 0 aromatic carbocycles.